The van der Waals surface area contributed by atoms with E-state index in [0.717, 1.165) is 17.5 Å². The van der Waals surface area contributed by atoms with E-state index >= 15 is 0 Å². The maximum absolute atomic E-state index is 11.4. The number of phenols is 1. The topological polar surface area (TPSA) is 75.4 Å². The van der Waals surface area contributed by atoms with E-state index in [1.165, 1.54) is 6.20 Å². The Kier molecular flexibility index (Phi) is 5.20. The standard InChI is InChI=1S/C18H20N2O2/c1-2-6-16(21)20-12-11-14-9-10-15(17(19)18(14)22)13-7-4-3-5-8-13/h3-5,7-12,22H,2,6,19H2,1H3,(H,20,21). The quantitative estimate of drug-likeness (QED) is 0.583. The van der Waals surface area contributed by atoms with Crippen LogP contribution in [-0.2, 0) is 4.79 Å². The molecule has 4 nitrogen and oxygen atoms in total. The van der Waals surface area contributed by atoms with Gasteiger partial charge in [-0.25, -0.2) is 0 Å². The van der Waals surface area contributed by atoms with Gasteiger partial charge in [-0.05, 0) is 18.1 Å². The smallest absolute Gasteiger partial charge is 0.223 e. The number of carbonyl (C=O) groups is 1. The molecule has 0 unspecified atom stereocenters. The molecular weight excluding hydrogens is 276 g/mol. The zero-order valence-corrected chi connectivity index (χ0v) is 12.5. The van der Waals surface area contributed by atoms with Gasteiger partial charge in [-0.15, -0.1) is 0 Å². The lowest BCUT2D eigenvalue weighted by atomic mass is 10.0. The van der Waals surface area contributed by atoms with Gasteiger partial charge in [0.2, 0.25) is 5.91 Å². The number of hydrogen-bond acceptors (Lipinski definition) is 3. The van der Waals surface area contributed by atoms with Crippen molar-refractivity contribution in [1.82, 2.24) is 5.32 Å². The molecule has 0 aromatic heterocycles. The van der Waals surface area contributed by atoms with Crippen LogP contribution in [0.25, 0.3) is 17.2 Å². The minimum absolute atomic E-state index is 0.0161. The number of carbonyl (C=O) groups excluding carboxylic acids is 1. The average molecular weight is 296 g/mol. The number of nitrogens with one attached hydrogen (secondary N) is 1. The van der Waals surface area contributed by atoms with E-state index in [9.17, 15) is 9.90 Å². The second-order valence-corrected chi connectivity index (χ2v) is 4.98. The number of benzene rings is 2. The third-order valence-electron chi connectivity index (χ3n) is 3.32. The first-order valence-corrected chi connectivity index (χ1v) is 7.26. The van der Waals surface area contributed by atoms with Gasteiger partial charge in [-0.3, -0.25) is 4.79 Å². The maximum atomic E-state index is 11.4. The van der Waals surface area contributed by atoms with Crippen LogP contribution >= 0.6 is 0 Å². The van der Waals surface area contributed by atoms with Gasteiger partial charge in [-0.1, -0.05) is 49.4 Å². The Morgan fingerprint density at radius 1 is 1.23 bits per heavy atom. The van der Waals surface area contributed by atoms with E-state index in [2.05, 4.69) is 5.32 Å². The van der Waals surface area contributed by atoms with Crippen molar-refractivity contribution >= 4 is 17.7 Å². The molecule has 0 saturated heterocycles. The number of aromatic hydroxyl groups is 1. The van der Waals surface area contributed by atoms with E-state index in [4.69, 9.17) is 5.73 Å². The summed E-state index contributed by atoms with van der Waals surface area (Å²) >= 11 is 0. The monoisotopic (exact) mass is 296 g/mol. The molecule has 2 aromatic carbocycles. The molecule has 0 fully saturated rings. The maximum Gasteiger partial charge on any atom is 0.223 e. The molecule has 2 rings (SSSR count). The van der Waals surface area contributed by atoms with Crippen molar-refractivity contribution in [2.45, 2.75) is 19.8 Å². The predicted molar refractivity (Wildman–Crippen MR) is 90.0 cm³/mol. The van der Waals surface area contributed by atoms with Crippen LogP contribution in [0.1, 0.15) is 25.3 Å². The number of nitrogen functional groups attached to an aromatic ring is 1. The predicted octanol–water partition coefficient (Wildman–Crippen LogP) is 3.53. The minimum Gasteiger partial charge on any atom is -0.505 e. The fourth-order valence-electron chi connectivity index (χ4n) is 2.15. The zero-order valence-electron chi connectivity index (χ0n) is 12.5. The van der Waals surface area contributed by atoms with Crippen LogP contribution in [0.5, 0.6) is 5.75 Å². The summed E-state index contributed by atoms with van der Waals surface area (Å²) in [5.74, 6) is -0.0329. The van der Waals surface area contributed by atoms with Crippen molar-refractivity contribution in [2.24, 2.45) is 0 Å². The molecule has 0 atom stereocenters. The van der Waals surface area contributed by atoms with Gasteiger partial charge in [0.15, 0.2) is 0 Å². The van der Waals surface area contributed by atoms with Crippen LogP contribution in [0.4, 0.5) is 5.69 Å². The van der Waals surface area contributed by atoms with Crippen molar-refractivity contribution in [1.29, 1.82) is 0 Å². The number of rotatable bonds is 5. The van der Waals surface area contributed by atoms with E-state index in [1.54, 1.807) is 12.1 Å². The SMILES string of the molecule is CCCC(=O)NC=Cc1ccc(-c2ccccc2)c(N)c1O. The fraction of sp³-hybridized carbons (Fsp3) is 0.167. The molecule has 0 radical (unpaired) electrons. The van der Waals surface area contributed by atoms with Gasteiger partial charge in [0, 0.05) is 23.7 Å². The van der Waals surface area contributed by atoms with Crippen LogP contribution in [0.3, 0.4) is 0 Å². The lowest BCUT2D eigenvalue weighted by Crippen LogP contribution is -2.15. The van der Waals surface area contributed by atoms with Gasteiger partial charge in [0.25, 0.3) is 0 Å². The van der Waals surface area contributed by atoms with E-state index < -0.39 is 0 Å². The van der Waals surface area contributed by atoms with Crippen LogP contribution in [0, 0.1) is 0 Å². The highest BCUT2D eigenvalue weighted by atomic mass is 16.3. The summed E-state index contributed by atoms with van der Waals surface area (Å²) in [6.45, 7) is 1.94. The molecule has 0 spiro atoms. The van der Waals surface area contributed by atoms with Crippen LogP contribution < -0.4 is 11.1 Å². The lowest BCUT2D eigenvalue weighted by molar-refractivity contribution is -0.120. The molecule has 2 aromatic rings. The van der Waals surface area contributed by atoms with E-state index in [1.807, 2.05) is 43.3 Å². The summed E-state index contributed by atoms with van der Waals surface area (Å²) in [6, 6.07) is 13.3. The molecule has 4 N–H and O–H groups in total. The summed E-state index contributed by atoms with van der Waals surface area (Å²) in [6.07, 6.45) is 4.43. The number of nitrogens with two attached hydrogens (primary N) is 1. The van der Waals surface area contributed by atoms with Crippen molar-refractivity contribution in [3.63, 3.8) is 0 Å². The Hall–Kier alpha value is -2.75. The highest BCUT2D eigenvalue weighted by Crippen LogP contribution is 2.35. The molecule has 0 saturated carbocycles. The van der Waals surface area contributed by atoms with Gasteiger partial charge in [0.05, 0.1) is 5.69 Å². The molecule has 4 heteroatoms. The molecule has 0 aliphatic heterocycles. The van der Waals surface area contributed by atoms with Crippen molar-refractivity contribution in [3.05, 3.63) is 54.2 Å². The van der Waals surface area contributed by atoms with Gasteiger partial charge in [0.1, 0.15) is 5.75 Å². The average Bonchev–Trinajstić information content (AvgIpc) is 2.53. The summed E-state index contributed by atoms with van der Waals surface area (Å²) < 4.78 is 0. The first-order valence-electron chi connectivity index (χ1n) is 7.26. The molecule has 0 aliphatic rings. The van der Waals surface area contributed by atoms with Crippen LogP contribution in [0.15, 0.2) is 48.7 Å². The van der Waals surface area contributed by atoms with Gasteiger partial charge in [-0.2, -0.15) is 0 Å². The van der Waals surface area contributed by atoms with Crippen LogP contribution in [0.2, 0.25) is 0 Å². The number of hydrogen-bond donors (Lipinski definition) is 3. The van der Waals surface area contributed by atoms with Crippen molar-refractivity contribution in [3.8, 4) is 16.9 Å². The summed E-state index contributed by atoms with van der Waals surface area (Å²) in [5, 5.41) is 12.9. The number of amides is 1. The molecule has 0 aliphatic carbocycles. The number of phenolic OH excluding ortho intramolecular Hbond substituents is 1. The van der Waals surface area contributed by atoms with E-state index in [0.29, 0.717) is 17.7 Å². The summed E-state index contributed by atoms with van der Waals surface area (Å²) in [5.41, 5.74) is 8.64. The highest BCUT2D eigenvalue weighted by molar-refractivity contribution is 5.84. The number of anilines is 1. The van der Waals surface area contributed by atoms with Gasteiger partial charge >= 0.3 is 0 Å². The van der Waals surface area contributed by atoms with Crippen LogP contribution in [-0.4, -0.2) is 11.0 Å². The highest BCUT2D eigenvalue weighted by Gasteiger charge is 2.09. The molecule has 22 heavy (non-hydrogen) atoms. The molecule has 0 heterocycles. The third kappa shape index (κ3) is 3.67. The van der Waals surface area contributed by atoms with E-state index in [-0.39, 0.29) is 11.7 Å². The van der Waals surface area contributed by atoms with Crippen molar-refractivity contribution < 1.29 is 9.90 Å². The zero-order chi connectivity index (χ0) is 15.9. The first-order chi connectivity index (χ1) is 10.6. The Morgan fingerprint density at radius 2 is 1.95 bits per heavy atom. The Morgan fingerprint density at radius 3 is 2.64 bits per heavy atom. The van der Waals surface area contributed by atoms with Crippen molar-refractivity contribution in [2.75, 3.05) is 5.73 Å². The molecule has 114 valence electrons. The molecule has 1 amide bonds. The summed E-state index contributed by atoms with van der Waals surface area (Å²) in [4.78, 5) is 11.4. The molecule has 0 bridgehead atoms. The fourth-order valence-corrected chi connectivity index (χ4v) is 2.15. The lowest BCUT2D eigenvalue weighted by Gasteiger charge is -2.10. The second-order valence-electron chi connectivity index (χ2n) is 4.98. The summed E-state index contributed by atoms with van der Waals surface area (Å²) in [7, 11) is 0. The first kappa shape index (κ1) is 15.6. The second kappa shape index (κ2) is 7.31. The Bertz CT molecular complexity index is 679. The third-order valence-corrected chi connectivity index (χ3v) is 3.32. The normalized spacial score (nSPS) is 10.8. The van der Waals surface area contributed by atoms with Gasteiger partial charge < -0.3 is 16.2 Å². The Balaban J connectivity index is 2.20. The molecular formula is C18H20N2O2. The Labute approximate surface area is 130 Å². The minimum atomic E-state index is -0.0490. The largest absolute Gasteiger partial charge is 0.505 e.